The zero-order valence-electron chi connectivity index (χ0n) is 9.31. The molecule has 0 aliphatic heterocycles. The van der Waals surface area contributed by atoms with E-state index in [0.29, 0.717) is 5.41 Å². The van der Waals surface area contributed by atoms with Crippen LogP contribution in [-0.4, -0.2) is 0 Å². The Morgan fingerprint density at radius 3 is 2.43 bits per heavy atom. The second-order valence-corrected chi connectivity index (χ2v) is 5.41. The van der Waals surface area contributed by atoms with Crippen molar-refractivity contribution >= 4 is 22.6 Å². The first kappa shape index (κ1) is 12.0. The molecule has 0 spiro atoms. The van der Waals surface area contributed by atoms with Crippen LogP contribution in [0.15, 0.2) is 24.3 Å². The van der Waals surface area contributed by atoms with E-state index in [0.717, 1.165) is 4.43 Å². The molecule has 0 bridgehead atoms. The van der Waals surface area contributed by atoms with Crippen molar-refractivity contribution in [2.24, 2.45) is 5.41 Å². The summed E-state index contributed by atoms with van der Waals surface area (Å²) in [5.41, 5.74) is 3.35. The molecule has 0 amide bonds. The summed E-state index contributed by atoms with van der Waals surface area (Å²) in [6.45, 7) is 6.94. The Kier molecular flexibility index (Phi) is 4.42. The van der Waals surface area contributed by atoms with Gasteiger partial charge in [0.1, 0.15) is 0 Å². The van der Waals surface area contributed by atoms with E-state index in [1.54, 1.807) is 0 Å². The maximum Gasteiger partial charge on any atom is 0.0247 e. The van der Waals surface area contributed by atoms with E-state index in [4.69, 9.17) is 0 Å². The van der Waals surface area contributed by atoms with Gasteiger partial charge in [-0.05, 0) is 23.0 Å². The zero-order valence-corrected chi connectivity index (χ0v) is 11.5. The Labute approximate surface area is 101 Å². The quantitative estimate of drug-likeness (QED) is 0.563. The molecule has 1 aromatic carbocycles. The first-order valence-electron chi connectivity index (χ1n) is 5.21. The summed E-state index contributed by atoms with van der Waals surface area (Å²) in [6, 6.07) is 8.96. The van der Waals surface area contributed by atoms with Crippen molar-refractivity contribution in [2.45, 2.75) is 38.0 Å². The van der Waals surface area contributed by atoms with Gasteiger partial charge >= 0.3 is 0 Å². The van der Waals surface area contributed by atoms with Crippen molar-refractivity contribution in [3.63, 3.8) is 0 Å². The van der Waals surface area contributed by atoms with Crippen LogP contribution in [-0.2, 0) is 10.8 Å². The molecule has 0 saturated carbocycles. The van der Waals surface area contributed by atoms with Gasteiger partial charge in [0.2, 0.25) is 0 Å². The van der Waals surface area contributed by atoms with Gasteiger partial charge < -0.3 is 0 Å². The molecule has 0 N–H and O–H groups in total. The van der Waals surface area contributed by atoms with E-state index < -0.39 is 0 Å². The average Bonchev–Trinajstić information content (AvgIpc) is 2.17. The molecule has 1 rings (SSSR count). The second kappa shape index (κ2) is 5.15. The van der Waals surface area contributed by atoms with E-state index in [1.807, 2.05) is 0 Å². The van der Waals surface area contributed by atoms with Crippen LogP contribution in [0.4, 0.5) is 0 Å². The molecule has 0 nitrogen and oxygen atoms in total. The second-order valence-electron chi connectivity index (χ2n) is 4.65. The van der Waals surface area contributed by atoms with Crippen LogP contribution in [0.1, 0.15) is 38.3 Å². The third-order valence-electron chi connectivity index (χ3n) is 2.79. The molecule has 0 unspecified atom stereocenters. The molecule has 1 heteroatoms. The standard InChI is InChI=1S/C13H19I/c1-4-13(2,3)9-11-6-5-7-12(8-11)10-14/h5-8H,4,9-10H2,1-3H3. The lowest BCUT2D eigenvalue weighted by molar-refractivity contribution is 0.349. The fraction of sp³-hybridized carbons (Fsp3) is 0.538. The van der Waals surface area contributed by atoms with Crippen molar-refractivity contribution in [3.8, 4) is 0 Å². The molecule has 0 atom stereocenters. The predicted octanol–water partition coefficient (Wildman–Crippen LogP) is 4.60. The molecule has 78 valence electrons. The lowest BCUT2D eigenvalue weighted by Gasteiger charge is -2.22. The minimum Gasteiger partial charge on any atom is -0.0812 e. The Balaban J connectivity index is 2.76. The summed E-state index contributed by atoms with van der Waals surface area (Å²) in [5.74, 6) is 0. The Morgan fingerprint density at radius 2 is 1.86 bits per heavy atom. The average molecular weight is 302 g/mol. The minimum absolute atomic E-state index is 0.434. The van der Waals surface area contributed by atoms with Gasteiger partial charge in [-0.25, -0.2) is 0 Å². The molecule has 0 aliphatic carbocycles. The summed E-state index contributed by atoms with van der Waals surface area (Å²) < 4.78 is 1.11. The molecule has 0 fully saturated rings. The smallest absolute Gasteiger partial charge is 0.0247 e. The Bertz CT molecular complexity index is 289. The number of alkyl halides is 1. The fourth-order valence-electron chi connectivity index (χ4n) is 1.50. The third-order valence-corrected chi connectivity index (χ3v) is 3.67. The van der Waals surface area contributed by atoms with Crippen LogP contribution >= 0.6 is 22.6 Å². The van der Waals surface area contributed by atoms with Crippen molar-refractivity contribution in [2.75, 3.05) is 0 Å². The van der Waals surface area contributed by atoms with Crippen molar-refractivity contribution in [3.05, 3.63) is 35.4 Å². The molecule has 0 aromatic heterocycles. The van der Waals surface area contributed by atoms with E-state index >= 15 is 0 Å². The van der Waals surface area contributed by atoms with Gasteiger partial charge in [0.25, 0.3) is 0 Å². The number of benzene rings is 1. The highest BCUT2D eigenvalue weighted by Gasteiger charge is 2.15. The van der Waals surface area contributed by atoms with Crippen LogP contribution in [0.2, 0.25) is 0 Å². The minimum atomic E-state index is 0.434. The number of halogens is 1. The Hall–Kier alpha value is -0.0500. The van der Waals surface area contributed by atoms with Crippen LogP contribution in [0.25, 0.3) is 0 Å². The first-order valence-corrected chi connectivity index (χ1v) is 6.74. The summed E-state index contributed by atoms with van der Waals surface area (Å²) in [4.78, 5) is 0. The van der Waals surface area contributed by atoms with Crippen LogP contribution < -0.4 is 0 Å². The molecule has 0 heterocycles. The van der Waals surface area contributed by atoms with Crippen molar-refractivity contribution < 1.29 is 0 Å². The number of hydrogen-bond acceptors (Lipinski definition) is 0. The summed E-state index contributed by atoms with van der Waals surface area (Å²) in [5, 5.41) is 0. The van der Waals surface area contributed by atoms with Gasteiger partial charge in [0, 0.05) is 4.43 Å². The lowest BCUT2D eigenvalue weighted by atomic mass is 9.83. The fourth-order valence-corrected chi connectivity index (χ4v) is 1.97. The van der Waals surface area contributed by atoms with Crippen LogP contribution in [0.5, 0.6) is 0 Å². The maximum absolute atomic E-state index is 2.42. The van der Waals surface area contributed by atoms with E-state index in [9.17, 15) is 0 Å². The largest absolute Gasteiger partial charge is 0.0812 e. The van der Waals surface area contributed by atoms with Gasteiger partial charge in [0.05, 0.1) is 0 Å². The summed E-state index contributed by atoms with van der Waals surface area (Å²) in [6.07, 6.45) is 2.43. The lowest BCUT2D eigenvalue weighted by Crippen LogP contribution is -2.13. The van der Waals surface area contributed by atoms with Gasteiger partial charge in [-0.1, -0.05) is 74.0 Å². The molecule has 0 saturated heterocycles. The third kappa shape index (κ3) is 3.60. The van der Waals surface area contributed by atoms with Crippen molar-refractivity contribution in [1.29, 1.82) is 0 Å². The number of hydrogen-bond donors (Lipinski definition) is 0. The normalized spacial score (nSPS) is 11.7. The highest BCUT2D eigenvalue weighted by molar-refractivity contribution is 14.1. The predicted molar refractivity (Wildman–Crippen MR) is 71.9 cm³/mol. The molecular weight excluding hydrogens is 283 g/mol. The van der Waals surface area contributed by atoms with Gasteiger partial charge in [0.15, 0.2) is 0 Å². The SMILES string of the molecule is CCC(C)(C)Cc1cccc(CI)c1. The van der Waals surface area contributed by atoms with Gasteiger partial charge in [-0.3, -0.25) is 0 Å². The summed E-state index contributed by atoms with van der Waals surface area (Å²) in [7, 11) is 0. The van der Waals surface area contributed by atoms with Crippen LogP contribution in [0.3, 0.4) is 0 Å². The van der Waals surface area contributed by atoms with Crippen molar-refractivity contribution in [1.82, 2.24) is 0 Å². The maximum atomic E-state index is 2.42. The van der Waals surface area contributed by atoms with Gasteiger partial charge in [-0.2, -0.15) is 0 Å². The monoisotopic (exact) mass is 302 g/mol. The highest BCUT2D eigenvalue weighted by Crippen LogP contribution is 2.25. The van der Waals surface area contributed by atoms with E-state index in [2.05, 4.69) is 67.6 Å². The van der Waals surface area contributed by atoms with Gasteiger partial charge in [-0.15, -0.1) is 0 Å². The van der Waals surface area contributed by atoms with E-state index in [-0.39, 0.29) is 0 Å². The number of rotatable bonds is 4. The van der Waals surface area contributed by atoms with E-state index in [1.165, 1.54) is 24.0 Å². The molecule has 14 heavy (non-hydrogen) atoms. The molecule has 1 aromatic rings. The molecule has 0 aliphatic rings. The van der Waals surface area contributed by atoms with Crippen LogP contribution in [0, 0.1) is 5.41 Å². The topological polar surface area (TPSA) is 0 Å². The first-order chi connectivity index (χ1) is 6.57. The Morgan fingerprint density at radius 1 is 1.21 bits per heavy atom. The molecular formula is C13H19I. The molecule has 0 radical (unpaired) electrons. The zero-order chi connectivity index (χ0) is 10.6. The highest BCUT2D eigenvalue weighted by atomic mass is 127. The summed E-state index contributed by atoms with van der Waals surface area (Å²) >= 11 is 2.42.